The van der Waals surface area contributed by atoms with Gasteiger partial charge >= 0.3 is 5.97 Å². The fraction of sp³-hybridized carbons (Fsp3) is 0.150. The zero-order valence-corrected chi connectivity index (χ0v) is 16.2. The van der Waals surface area contributed by atoms with E-state index in [0.717, 1.165) is 17.0 Å². The van der Waals surface area contributed by atoms with Gasteiger partial charge in [-0.15, -0.1) is 11.8 Å². The van der Waals surface area contributed by atoms with Gasteiger partial charge in [0.05, 0.1) is 18.0 Å². The molecule has 146 valence electrons. The molecule has 0 saturated carbocycles. The fourth-order valence-corrected chi connectivity index (χ4v) is 3.06. The van der Waals surface area contributed by atoms with Gasteiger partial charge in [0.25, 0.3) is 0 Å². The predicted octanol–water partition coefficient (Wildman–Crippen LogP) is 3.39. The van der Waals surface area contributed by atoms with Crippen molar-refractivity contribution < 1.29 is 24.2 Å². The van der Waals surface area contributed by atoms with Crippen molar-refractivity contribution in [1.82, 2.24) is 0 Å². The first-order valence-corrected chi connectivity index (χ1v) is 9.19. The highest BCUT2D eigenvalue weighted by Gasteiger charge is 2.16. The number of hydrogen-bond donors (Lipinski definition) is 3. The van der Waals surface area contributed by atoms with Gasteiger partial charge in [-0.1, -0.05) is 12.1 Å². The highest BCUT2D eigenvalue weighted by molar-refractivity contribution is 8.00. The van der Waals surface area contributed by atoms with Crippen LogP contribution in [0.15, 0.2) is 65.6 Å². The zero-order chi connectivity index (χ0) is 20.5. The first kappa shape index (κ1) is 21.0. The van der Waals surface area contributed by atoms with E-state index in [2.05, 4.69) is 10.6 Å². The van der Waals surface area contributed by atoms with Crippen molar-refractivity contribution in [2.24, 2.45) is 0 Å². The van der Waals surface area contributed by atoms with Crippen molar-refractivity contribution >= 4 is 40.9 Å². The molecule has 1 atom stereocenters. The third-order valence-electron chi connectivity index (χ3n) is 3.55. The molecule has 0 aromatic heterocycles. The second-order valence-electron chi connectivity index (χ2n) is 5.63. The number of benzene rings is 2. The van der Waals surface area contributed by atoms with Crippen LogP contribution in [0.5, 0.6) is 5.75 Å². The van der Waals surface area contributed by atoms with Crippen LogP contribution >= 0.6 is 11.8 Å². The van der Waals surface area contributed by atoms with Crippen molar-refractivity contribution in [3.63, 3.8) is 0 Å². The van der Waals surface area contributed by atoms with E-state index < -0.39 is 11.9 Å². The minimum absolute atomic E-state index is 0.161. The number of carboxylic acid groups (broad SMARTS) is 1. The van der Waals surface area contributed by atoms with Gasteiger partial charge in [0.15, 0.2) is 0 Å². The van der Waals surface area contributed by atoms with Gasteiger partial charge in [0, 0.05) is 22.7 Å². The molecule has 1 unspecified atom stereocenters. The lowest BCUT2D eigenvalue weighted by Gasteiger charge is -2.14. The molecule has 0 bridgehead atoms. The second kappa shape index (κ2) is 10.2. The average Bonchev–Trinajstić information content (AvgIpc) is 2.68. The highest BCUT2D eigenvalue weighted by atomic mass is 32.2. The van der Waals surface area contributed by atoms with Crippen LogP contribution in [0.1, 0.15) is 6.92 Å². The summed E-state index contributed by atoms with van der Waals surface area (Å²) in [5, 5.41) is 13.5. The number of rotatable bonds is 8. The number of carbonyl (C=O) groups is 3. The number of anilines is 2. The summed E-state index contributed by atoms with van der Waals surface area (Å²) in [7, 11) is 1.54. The molecule has 2 rings (SSSR count). The Balaban J connectivity index is 1.93. The van der Waals surface area contributed by atoms with Gasteiger partial charge in [0.1, 0.15) is 5.75 Å². The molecule has 7 nitrogen and oxygen atoms in total. The van der Waals surface area contributed by atoms with Crippen LogP contribution in [0, 0.1) is 0 Å². The second-order valence-corrected chi connectivity index (χ2v) is 7.05. The zero-order valence-electron chi connectivity index (χ0n) is 15.3. The molecule has 0 aliphatic heterocycles. The first-order valence-electron chi connectivity index (χ1n) is 8.31. The minimum atomic E-state index is -1.19. The maximum atomic E-state index is 12.4. The third-order valence-corrected chi connectivity index (χ3v) is 4.66. The van der Waals surface area contributed by atoms with Crippen molar-refractivity contribution in [3.05, 3.63) is 60.7 Å². The minimum Gasteiger partial charge on any atom is -0.495 e. The molecule has 28 heavy (non-hydrogen) atoms. The quantitative estimate of drug-likeness (QED) is 0.463. The van der Waals surface area contributed by atoms with Gasteiger partial charge in [-0.25, -0.2) is 4.79 Å². The number of carboxylic acids is 1. The van der Waals surface area contributed by atoms with Crippen LogP contribution in [0.3, 0.4) is 0 Å². The summed E-state index contributed by atoms with van der Waals surface area (Å²) in [5.41, 5.74) is 1.13. The summed E-state index contributed by atoms with van der Waals surface area (Å²) in [4.78, 5) is 35.2. The van der Waals surface area contributed by atoms with Crippen molar-refractivity contribution in [1.29, 1.82) is 0 Å². The number of aliphatic carboxylic acids is 1. The molecule has 3 N–H and O–H groups in total. The molecule has 0 fully saturated rings. The van der Waals surface area contributed by atoms with Crippen LogP contribution in [-0.2, 0) is 14.4 Å². The van der Waals surface area contributed by atoms with Crippen LogP contribution in [0.25, 0.3) is 0 Å². The molecule has 0 radical (unpaired) electrons. The Bertz CT molecular complexity index is 880. The Hall–Kier alpha value is -3.26. The summed E-state index contributed by atoms with van der Waals surface area (Å²) < 4.78 is 5.23. The normalized spacial score (nSPS) is 11.6. The molecule has 0 heterocycles. The SMILES string of the molecule is COc1ccccc1NC(=O)C(C)Sc1ccc(NC(=O)/C=C/C(=O)O)cc1. The number of methoxy groups -OCH3 is 1. The number of hydrogen-bond acceptors (Lipinski definition) is 5. The Morgan fingerprint density at radius 3 is 2.36 bits per heavy atom. The number of para-hydroxylation sites is 2. The molecule has 0 saturated heterocycles. The van der Waals surface area contributed by atoms with E-state index >= 15 is 0 Å². The molecular formula is C20H20N2O5S. The van der Waals surface area contributed by atoms with Gasteiger partial charge in [-0.2, -0.15) is 0 Å². The summed E-state index contributed by atoms with van der Waals surface area (Å²) in [6.45, 7) is 1.79. The van der Waals surface area contributed by atoms with E-state index in [9.17, 15) is 14.4 Å². The van der Waals surface area contributed by atoms with Gasteiger partial charge in [-0.05, 0) is 43.3 Å². The van der Waals surface area contributed by atoms with E-state index in [1.54, 1.807) is 50.4 Å². The number of amides is 2. The number of carbonyl (C=O) groups excluding carboxylic acids is 2. The van der Waals surface area contributed by atoms with Crippen molar-refractivity contribution in [3.8, 4) is 5.75 Å². The predicted molar refractivity (Wildman–Crippen MR) is 109 cm³/mol. The van der Waals surface area contributed by atoms with Crippen molar-refractivity contribution in [2.45, 2.75) is 17.1 Å². The number of ether oxygens (including phenoxy) is 1. The lowest BCUT2D eigenvalue weighted by atomic mass is 10.3. The molecular weight excluding hydrogens is 380 g/mol. The van der Waals surface area contributed by atoms with Crippen molar-refractivity contribution in [2.75, 3.05) is 17.7 Å². The lowest BCUT2D eigenvalue weighted by molar-refractivity contribution is -0.131. The Morgan fingerprint density at radius 2 is 1.71 bits per heavy atom. The van der Waals surface area contributed by atoms with Gasteiger partial charge in [0.2, 0.25) is 11.8 Å². The molecule has 0 spiro atoms. The van der Waals surface area contributed by atoms with E-state index in [4.69, 9.17) is 9.84 Å². The molecule has 2 aromatic rings. The molecule has 0 aliphatic carbocycles. The van der Waals surface area contributed by atoms with Crippen LogP contribution in [0.2, 0.25) is 0 Å². The number of nitrogens with one attached hydrogen (secondary N) is 2. The summed E-state index contributed by atoms with van der Waals surface area (Å²) in [6.07, 6.45) is 1.71. The van der Waals surface area contributed by atoms with Gasteiger partial charge < -0.3 is 20.5 Å². The van der Waals surface area contributed by atoms with E-state index in [1.165, 1.54) is 11.8 Å². The Morgan fingerprint density at radius 1 is 1.04 bits per heavy atom. The van der Waals surface area contributed by atoms with Crippen LogP contribution in [-0.4, -0.2) is 35.2 Å². The van der Waals surface area contributed by atoms with Crippen LogP contribution in [0.4, 0.5) is 11.4 Å². The van der Waals surface area contributed by atoms with E-state index in [0.29, 0.717) is 17.1 Å². The smallest absolute Gasteiger partial charge is 0.328 e. The highest BCUT2D eigenvalue weighted by Crippen LogP contribution is 2.28. The lowest BCUT2D eigenvalue weighted by Crippen LogP contribution is -2.22. The van der Waals surface area contributed by atoms with Gasteiger partial charge in [-0.3, -0.25) is 9.59 Å². The average molecular weight is 400 g/mol. The number of thioether (sulfide) groups is 1. The largest absolute Gasteiger partial charge is 0.495 e. The maximum Gasteiger partial charge on any atom is 0.328 e. The van der Waals surface area contributed by atoms with Crippen LogP contribution < -0.4 is 15.4 Å². The molecule has 0 aliphatic rings. The fourth-order valence-electron chi connectivity index (χ4n) is 2.19. The summed E-state index contributed by atoms with van der Waals surface area (Å²) in [6, 6.07) is 14.1. The van der Waals surface area contributed by atoms with E-state index in [-0.39, 0.29) is 11.2 Å². The molecule has 2 amide bonds. The standard InChI is InChI=1S/C20H20N2O5S/c1-13(20(26)22-16-5-3-4-6-17(16)27-2)28-15-9-7-14(8-10-15)21-18(23)11-12-19(24)25/h3-13H,1-2H3,(H,21,23)(H,22,26)(H,24,25)/b12-11+. The molecule has 8 heteroatoms. The summed E-state index contributed by atoms with van der Waals surface area (Å²) in [5.74, 6) is -1.30. The molecule has 2 aromatic carbocycles. The maximum absolute atomic E-state index is 12.4. The first-order chi connectivity index (χ1) is 13.4. The third kappa shape index (κ3) is 6.48. The monoisotopic (exact) mass is 400 g/mol. The van der Waals surface area contributed by atoms with E-state index in [1.807, 2.05) is 12.1 Å². The Kier molecular flexibility index (Phi) is 7.65. The topological polar surface area (TPSA) is 105 Å². The Labute approximate surface area is 166 Å². The summed E-state index contributed by atoms with van der Waals surface area (Å²) >= 11 is 1.37.